The van der Waals surface area contributed by atoms with Crippen molar-refractivity contribution in [3.05, 3.63) is 42.5 Å². The SMILES string of the molecule is C=CCc1ccccc1OC(=O)O. The molecule has 1 aromatic carbocycles. The van der Waals surface area contributed by atoms with Crippen LogP contribution in [-0.2, 0) is 6.42 Å². The Morgan fingerprint density at radius 2 is 2.23 bits per heavy atom. The van der Waals surface area contributed by atoms with E-state index in [9.17, 15) is 4.79 Å². The van der Waals surface area contributed by atoms with Crippen LogP contribution in [-0.4, -0.2) is 11.3 Å². The Hall–Kier alpha value is -1.77. The fraction of sp³-hybridized carbons (Fsp3) is 0.100. The van der Waals surface area contributed by atoms with Gasteiger partial charge >= 0.3 is 6.16 Å². The predicted octanol–water partition coefficient (Wildman–Crippen LogP) is 2.47. The molecule has 0 aliphatic rings. The second kappa shape index (κ2) is 4.30. The molecule has 0 unspecified atom stereocenters. The molecule has 0 bridgehead atoms. The molecular formula is C10H10O3. The summed E-state index contributed by atoms with van der Waals surface area (Å²) in [6.07, 6.45) is 1.00. The highest BCUT2D eigenvalue weighted by Gasteiger charge is 2.04. The Labute approximate surface area is 76.3 Å². The third kappa shape index (κ3) is 2.63. The Morgan fingerprint density at radius 1 is 1.54 bits per heavy atom. The van der Waals surface area contributed by atoms with Crippen molar-refractivity contribution in [3.63, 3.8) is 0 Å². The molecule has 0 amide bonds. The fourth-order valence-electron chi connectivity index (χ4n) is 1.02. The smallest absolute Gasteiger partial charge is 0.449 e. The average Bonchev–Trinajstić information content (AvgIpc) is 2.08. The predicted molar refractivity (Wildman–Crippen MR) is 49.0 cm³/mol. The number of rotatable bonds is 3. The maximum Gasteiger partial charge on any atom is 0.511 e. The molecule has 13 heavy (non-hydrogen) atoms. The Kier molecular flexibility index (Phi) is 3.09. The molecule has 0 aliphatic carbocycles. The van der Waals surface area contributed by atoms with E-state index in [0.717, 1.165) is 5.56 Å². The van der Waals surface area contributed by atoms with Crippen molar-refractivity contribution in [3.8, 4) is 5.75 Å². The first-order valence-electron chi connectivity index (χ1n) is 3.83. The first-order chi connectivity index (χ1) is 6.24. The molecule has 3 nitrogen and oxygen atoms in total. The zero-order chi connectivity index (χ0) is 9.68. The first-order valence-corrected chi connectivity index (χ1v) is 3.83. The number of carboxylic acid groups (broad SMARTS) is 1. The average molecular weight is 178 g/mol. The van der Waals surface area contributed by atoms with E-state index in [0.29, 0.717) is 12.2 Å². The van der Waals surface area contributed by atoms with Crippen molar-refractivity contribution in [2.75, 3.05) is 0 Å². The number of para-hydroxylation sites is 1. The molecule has 1 N–H and O–H groups in total. The van der Waals surface area contributed by atoms with Gasteiger partial charge in [0, 0.05) is 0 Å². The molecule has 1 rings (SSSR count). The summed E-state index contributed by atoms with van der Waals surface area (Å²) in [5, 5.41) is 8.41. The third-order valence-corrected chi connectivity index (χ3v) is 1.53. The van der Waals surface area contributed by atoms with Gasteiger partial charge in [0.1, 0.15) is 5.75 Å². The Balaban J connectivity index is 2.90. The second-order valence-electron chi connectivity index (χ2n) is 2.47. The van der Waals surface area contributed by atoms with Gasteiger partial charge in [-0.25, -0.2) is 4.79 Å². The highest BCUT2D eigenvalue weighted by Crippen LogP contribution is 2.18. The summed E-state index contributed by atoms with van der Waals surface area (Å²) in [6.45, 7) is 3.57. The minimum atomic E-state index is -1.29. The summed E-state index contributed by atoms with van der Waals surface area (Å²) >= 11 is 0. The van der Waals surface area contributed by atoms with Crippen LogP contribution in [0, 0.1) is 0 Å². The summed E-state index contributed by atoms with van der Waals surface area (Å²) in [4.78, 5) is 10.3. The lowest BCUT2D eigenvalue weighted by atomic mass is 10.1. The van der Waals surface area contributed by atoms with E-state index in [4.69, 9.17) is 5.11 Å². The highest BCUT2D eigenvalue weighted by atomic mass is 16.7. The monoisotopic (exact) mass is 178 g/mol. The lowest BCUT2D eigenvalue weighted by Gasteiger charge is -2.04. The van der Waals surface area contributed by atoms with Crippen molar-refractivity contribution in [2.45, 2.75) is 6.42 Å². The topological polar surface area (TPSA) is 46.5 Å². The molecule has 0 atom stereocenters. The molecule has 0 fully saturated rings. The zero-order valence-electron chi connectivity index (χ0n) is 7.06. The van der Waals surface area contributed by atoms with Crippen LogP contribution >= 0.6 is 0 Å². The van der Waals surface area contributed by atoms with Crippen LogP contribution in [0.2, 0.25) is 0 Å². The van der Waals surface area contributed by atoms with Crippen molar-refractivity contribution in [2.24, 2.45) is 0 Å². The van der Waals surface area contributed by atoms with Gasteiger partial charge in [-0.15, -0.1) is 6.58 Å². The fourth-order valence-corrected chi connectivity index (χ4v) is 1.02. The van der Waals surface area contributed by atoms with E-state index in [1.807, 2.05) is 6.07 Å². The van der Waals surface area contributed by atoms with Gasteiger partial charge in [0.25, 0.3) is 0 Å². The molecule has 0 spiro atoms. The Bertz CT molecular complexity index is 318. The van der Waals surface area contributed by atoms with E-state index >= 15 is 0 Å². The van der Waals surface area contributed by atoms with Crippen molar-refractivity contribution >= 4 is 6.16 Å². The van der Waals surface area contributed by atoms with Gasteiger partial charge in [-0.1, -0.05) is 24.3 Å². The molecule has 68 valence electrons. The van der Waals surface area contributed by atoms with E-state index in [1.165, 1.54) is 0 Å². The normalized spacial score (nSPS) is 9.23. The largest absolute Gasteiger partial charge is 0.511 e. The van der Waals surface area contributed by atoms with Crippen LogP contribution in [0.25, 0.3) is 0 Å². The number of allylic oxidation sites excluding steroid dienone is 1. The summed E-state index contributed by atoms with van der Waals surface area (Å²) < 4.78 is 4.57. The van der Waals surface area contributed by atoms with Crippen molar-refractivity contribution in [1.82, 2.24) is 0 Å². The molecule has 0 saturated carbocycles. The van der Waals surface area contributed by atoms with Crippen molar-refractivity contribution in [1.29, 1.82) is 0 Å². The lowest BCUT2D eigenvalue weighted by Crippen LogP contribution is -2.04. The molecular weight excluding hydrogens is 168 g/mol. The van der Waals surface area contributed by atoms with Gasteiger partial charge in [-0.3, -0.25) is 0 Å². The number of benzene rings is 1. The third-order valence-electron chi connectivity index (χ3n) is 1.53. The highest BCUT2D eigenvalue weighted by molar-refractivity contribution is 5.62. The van der Waals surface area contributed by atoms with Crippen LogP contribution < -0.4 is 4.74 Å². The van der Waals surface area contributed by atoms with Crippen LogP contribution in [0.15, 0.2) is 36.9 Å². The van der Waals surface area contributed by atoms with E-state index in [1.54, 1.807) is 24.3 Å². The summed E-state index contributed by atoms with van der Waals surface area (Å²) in [5.74, 6) is 0.370. The molecule has 0 aliphatic heterocycles. The maximum absolute atomic E-state index is 10.3. The van der Waals surface area contributed by atoms with E-state index < -0.39 is 6.16 Å². The summed E-state index contributed by atoms with van der Waals surface area (Å²) in [7, 11) is 0. The summed E-state index contributed by atoms with van der Waals surface area (Å²) in [5.41, 5.74) is 0.819. The molecule has 0 radical (unpaired) electrons. The number of hydrogen-bond acceptors (Lipinski definition) is 2. The Morgan fingerprint density at radius 3 is 2.85 bits per heavy atom. The number of hydrogen-bond donors (Lipinski definition) is 1. The van der Waals surface area contributed by atoms with Crippen LogP contribution in [0.4, 0.5) is 4.79 Å². The van der Waals surface area contributed by atoms with E-state index in [2.05, 4.69) is 11.3 Å². The van der Waals surface area contributed by atoms with Gasteiger partial charge < -0.3 is 9.84 Å². The maximum atomic E-state index is 10.3. The minimum Gasteiger partial charge on any atom is -0.449 e. The summed E-state index contributed by atoms with van der Waals surface area (Å²) in [6, 6.07) is 6.98. The zero-order valence-corrected chi connectivity index (χ0v) is 7.06. The molecule has 0 saturated heterocycles. The number of ether oxygens (including phenoxy) is 1. The van der Waals surface area contributed by atoms with Crippen LogP contribution in [0.3, 0.4) is 0 Å². The van der Waals surface area contributed by atoms with Crippen molar-refractivity contribution < 1.29 is 14.6 Å². The van der Waals surface area contributed by atoms with Gasteiger partial charge in [-0.05, 0) is 18.1 Å². The standard InChI is InChI=1S/C10H10O3/c1-2-5-8-6-3-4-7-9(8)13-10(11)12/h2-4,6-7H,1,5H2,(H,11,12). The molecule has 1 aromatic rings. The van der Waals surface area contributed by atoms with Crippen LogP contribution in [0.5, 0.6) is 5.75 Å². The van der Waals surface area contributed by atoms with E-state index in [-0.39, 0.29) is 0 Å². The minimum absolute atomic E-state index is 0.370. The van der Waals surface area contributed by atoms with Gasteiger partial charge in [0.15, 0.2) is 0 Å². The molecule has 0 aromatic heterocycles. The van der Waals surface area contributed by atoms with Gasteiger partial charge in [-0.2, -0.15) is 0 Å². The molecule has 0 heterocycles. The van der Waals surface area contributed by atoms with Crippen LogP contribution in [0.1, 0.15) is 5.56 Å². The van der Waals surface area contributed by atoms with Gasteiger partial charge in [0.2, 0.25) is 0 Å². The van der Waals surface area contributed by atoms with Gasteiger partial charge in [0.05, 0.1) is 0 Å². The lowest BCUT2D eigenvalue weighted by molar-refractivity contribution is 0.144. The first kappa shape index (κ1) is 9.32. The quantitative estimate of drug-likeness (QED) is 0.439. The molecule has 3 heteroatoms. The second-order valence-corrected chi connectivity index (χ2v) is 2.47. The number of carbonyl (C=O) groups is 1.